The highest BCUT2D eigenvalue weighted by molar-refractivity contribution is 5.95. The van der Waals surface area contributed by atoms with Gasteiger partial charge < -0.3 is 28.5 Å². The molecule has 30 heavy (non-hydrogen) atoms. The summed E-state index contributed by atoms with van der Waals surface area (Å²) in [6, 6.07) is 7.46. The molecule has 0 amide bonds. The van der Waals surface area contributed by atoms with E-state index in [-0.39, 0.29) is 35.9 Å². The molecule has 154 valence electrons. The first-order valence-electron chi connectivity index (χ1n) is 8.39. The van der Waals surface area contributed by atoms with Gasteiger partial charge in [-0.15, -0.1) is 0 Å². The van der Waals surface area contributed by atoms with Crippen molar-refractivity contribution in [1.29, 1.82) is 0 Å². The SMILES string of the molecule is O=C(OCc1cc(=O)c(O)co1)c1cccc(C(=O)OCc2cc(=O)c(O)co2)c1. The van der Waals surface area contributed by atoms with Crippen molar-refractivity contribution in [2.24, 2.45) is 0 Å². The highest BCUT2D eigenvalue weighted by Crippen LogP contribution is 2.12. The number of hydrogen-bond donors (Lipinski definition) is 2. The molecule has 0 saturated heterocycles. The quantitative estimate of drug-likeness (QED) is 0.570. The summed E-state index contributed by atoms with van der Waals surface area (Å²) in [5.74, 6) is -2.66. The second-order valence-electron chi connectivity index (χ2n) is 5.92. The molecule has 0 aliphatic rings. The Morgan fingerprint density at radius 2 is 1.20 bits per heavy atom. The highest BCUT2D eigenvalue weighted by Gasteiger charge is 2.14. The molecule has 0 radical (unpaired) electrons. The summed E-state index contributed by atoms with van der Waals surface area (Å²) in [6.07, 6.45) is 1.66. The van der Waals surface area contributed by atoms with Crippen molar-refractivity contribution in [1.82, 2.24) is 0 Å². The van der Waals surface area contributed by atoms with Crippen molar-refractivity contribution < 1.29 is 38.1 Å². The lowest BCUT2D eigenvalue weighted by atomic mass is 10.1. The number of esters is 2. The molecule has 0 aliphatic heterocycles. The summed E-state index contributed by atoms with van der Waals surface area (Å²) in [4.78, 5) is 47.0. The molecule has 2 heterocycles. The van der Waals surface area contributed by atoms with Gasteiger partial charge >= 0.3 is 11.9 Å². The lowest BCUT2D eigenvalue weighted by Gasteiger charge is -2.07. The van der Waals surface area contributed by atoms with Crippen LogP contribution in [0.25, 0.3) is 0 Å². The van der Waals surface area contributed by atoms with Crippen LogP contribution >= 0.6 is 0 Å². The van der Waals surface area contributed by atoms with Gasteiger partial charge in [-0.2, -0.15) is 0 Å². The first kappa shape index (κ1) is 20.4. The van der Waals surface area contributed by atoms with E-state index in [0.29, 0.717) is 0 Å². The molecule has 10 heteroatoms. The van der Waals surface area contributed by atoms with Crippen molar-refractivity contribution in [3.63, 3.8) is 0 Å². The molecule has 0 fully saturated rings. The van der Waals surface area contributed by atoms with Gasteiger partial charge in [0, 0.05) is 12.1 Å². The van der Waals surface area contributed by atoms with E-state index < -0.39 is 34.3 Å². The molecule has 3 aromatic rings. The van der Waals surface area contributed by atoms with Crippen LogP contribution in [-0.4, -0.2) is 22.2 Å². The second kappa shape index (κ2) is 8.78. The Labute approximate surface area is 167 Å². The van der Waals surface area contributed by atoms with Crippen LogP contribution in [0.2, 0.25) is 0 Å². The van der Waals surface area contributed by atoms with Gasteiger partial charge in [0.1, 0.15) is 37.3 Å². The van der Waals surface area contributed by atoms with Crippen molar-refractivity contribution in [3.8, 4) is 11.5 Å². The lowest BCUT2D eigenvalue weighted by Crippen LogP contribution is -2.10. The van der Waals surface area contributed by atoms with Crippen molar-refractivity contribution >= 4 is 11.9 Å². The standard InChI is InChI=1S/C20H14O10/c21-15-5-13(27-9-17(15)23)7-29-19(25)11-2-1-3-12(4-11)20(26)30-8-14-6-16(22)18(24)10-28-14/h1-6,9-10,23-24H,7-8H2. The maximum Gasteiger partial charge on any atom is 0.338 e. The molecule has 2 N–H and O–H groups in total. The van der Waals surface area contributed by atoms with Gasteiger partial charge in [-0.25, -0.2) is 9.59 Å². The average molecular weight is 414 g/mol. The number of rotatable bonds is 6. The Bertz CT molecular complexity index is 1110. The van der Waals surface area contributed by atoms with Gasteiger partial charge in [-0.1, -0.05) is 6.07 Å². The molecule has 0 bridgehead atoms. The molecule has 3 rings (SSSR count). The number of carbonyl (C=O) groups excluding carboxylic acids is 2. The fourth-order valence-corrected chi connectivity index (χ4v) is 2.25. The normalized spacial score (nSPS) is 10.4. The zero-order chi connectivity index (χ0) is 21.7. The van der Waals surface area contributed by atoms with Crippen molar-refractivity contribution in [2.45, 2.75) is 13.2 Å². The predicted octanol–water partition coefficient (Wildman–Crippen LogP) is 1.72. The Morgan fingerprint density at radius 3 is 1.60 bits per heavy atom. The van der Waals surface area contributed by atoms with Crippen molar-refractivity contribution in [3.05, 3.63) is 92.0 Å². The van der Waals surface area contributed by atoms with Crippen LogP contribution in [-0.2, 0) is 22.7 Å². The highest BCUT2D eigenvalue weighted by atomic mass is 16.5. The van der Waals surface area contributed by atoms with Crippen LogP contribution in [0.4, 0.5) is 0 Å². The average Bonchev–Trinajstić information content (AvgIpc) is 2.75. The van der Waals surface area contributed by atoms with Gasteiger partial charge in [0.25, 0.3) is 0 Å². The molecular formula is C20H14O10. The topological polar surface area (TPSA) is 153 Å². The van der Waals surface area contributed by atoms with Gasteiger partial charge in [-0.05, 0) is 18.2 Å². The maximum atomic E-state index is 12.2. The Kier molecular flexibility index (Phi) is 5.97. The van der Waals surface area contributed by atoms with Gasteiger partial charge in [0.05, 0.1) is 11.1 Å². The first-order chi connectivity index (χ1) is 14.3. The second-order valence-corrected chi connectivity index (χ2v) is 5.92. The van der Waals surface area contributed by atoms with Crippen LogP contribution in [0, 0.1) is 0 Å². The van der Waals surface area contributed by atoms with Gasteiger partial charge in [-0.3, -0.25) is 9.59 Å². The molecule has 1 aromatic carbocycles. The minimum Gasteiger partial charge on any atom is -0.502 e. The lowest BCUT2D eigenvalue weighted by molar-refractivity contribution is 0.0440. The summed E-state index contributed by atoms with van der Waals surface area (Å²) in [6.45, 7) is -0.716. The van der Waals surface area contributed by atoms with E-state index in [2.05, 4.69) is 0 Å². The van der Waals surface area contributed by atoms with E-state index in [1.54, 1.807) is 0 Å². The zero-order valence-electron chi connectivity index (χ0n) is 15.2. The molecule has 0 atom stereocenters. The molecule has 2 aromatic heterocycles. The van der Waals surface area contributed by atoms with E-state index in [1.807, 2.05) is 0 Å². The van der Waals surface area contributed by atoms with E-state index in [0.717, 1.165) is 24.7 Å². The Hall–Kier alpha value is -4.34. The fraction of sp³-hybridized carbons (Fsp3) is 0.100. The van der Waals surface area contributed by atoms with Crippen LogP contribution < -0.4 is 10.9 Å². The van der Waals surface area contributed by atoms with E-state index in [9.17, 15) is 19.2 Å². The number of aromatic hydroxyl groups is 2. The fourth-order valence-electron chi connectivity index (χ4n) is 2.25. The Balaban J connectivity index is 1.62. The summed E-state index contributed by atoms with van der Waals surface area (Å²) in [7, 11) is 0. The van der Waals surface area contributed by atoms with Crippen LogP contribution in [0.15, 0.2) is 67.3 Å². The minimum atomic E-state index is -0.787. The third-order valence-electron chi connectivity index (χ3n) is 3.76. The number of benzene rings is 1. The van der Waals surface area contributed by atoms with E-state index in [4.69, 9.17) is 28.5 Å². The summed E-state index contributed by atoms with van der Waals surface area (Å²) >= 11 is 0. The third kappa shape index (κ3) is 4.93. The summed E-state index contributed by atoms with van der Waals surface area (Å²) < 4.78 is 19.9. The molecular weight excluding hydrogens is 400 g/mol. The zero-order valence-corrected chi connectivity index (χ0v) is 15.2. The smallest absolute Gasteiger partial charge is 0.338 e. The van der Waals surface area contributed by atoms with Crippen LogP contribution in [0.5, 0.6) is 11.5 Å². The van der Waals surface area contributed by atoms with Crippen molar-refractivity contribution in [2.75, 3.05) is 0 Å². The third-order valence-corrected chi connectivity index (χ3v) is 3.76. The minimum absolute atomic E-state index is 0.0251. The summed E-state index contributed by atoms with van der Waals surface area (Å²) in [5, 5.41) is 18.3. The largest absolute Gasteiger partial charge is 0.502 e. The molecule has 0 aliphatic carbocycles. The van der Waals surface area contributed by atoms with Gasteiger partial charge in [0.2, 0.25) is 10.9 Å². The number of ether oxygens (including phenoxy) is 2. The molecule has 0 spiro atoms. The Morgan fingerprint density at radius 1 is 0.767 bits per heavy atom. The first-order valence-corrected chi connectivity index (χ1v) is 8.39. The monoisotopic (exact) mass is 414 g/mol. The molecule has 0 unspecified atom stereocenters. The van der Waals surface area contributed by atoms with Crippen LogP contribution in [0.1, 0.15) is 32.2 Å². The molecule has 0 saturated carbocycles. The maximum absolute atomic E-state index is 12.2. The van der Waals surface area contributed by atoms with E-state index >= 15 is 0 Å². The number of hydrogen-bond acceptors (Lipinski definition) is 10. The summed E-state index contributed by atoms with van der Waals surface area (Å²) in [5.41, 5.74) is -1.27. The van der Waals surface area contributed by atoms with E-state index in [1.165, 1.54) is 24.3 Å². The van der Waals surface area contributed by atoms with Gasteiger partial charge in [0.15, 0.2) is 11.5 Å². The van der Waals surface area contributed by atoms with Crippen LogP contribution in [0.3, 0.4) is 0 Å². The predicted molar refractivity (Wildman–Crippen MR) is 98.0 cm³/mol. The molecule has 10 nitrogen and oxygen atoms in total. The number of carbonyl (C=O) groups is 2.